The van der Waals surface area contributed by atoms with E-state index in [9.17, 15) is 9.59 Å². The highest BCUT2D eigenvalue weighted by Crippen LogP contribution is 2.21. The van der Waals surface area contributed by atoms with E-state index in [1.54, 1.807) is 35.2 Å². The fraction of sp³-hybridized carbons (Fsp3) is 0.200. The number of hydrogen-bond donors (Lipinski definition) is 0. The minimum atomic E-state index is -0.0985. The van der Waals surface area contributed by atoms with Gasteiger partial charge < -0.3 is 4.90 Å². The van der Waals surface area contributed by atoms with Crippen LogP contribution >= 0.6 is 0 Å². The Morgan fingerprint density at radius 2 is 1.81 bits per heavy atom. The van der Waals surface area contributed by atoms with E-state index in [4.69, 9.17) is 0 Å². The molecule has 0 fully saturated rings. The standard InChI is InChI=1S/C20H18N4O2/c25-18(16-5-2-1-3-6-16)14-23-11-4-12-24-19(26)13-17(22-20(23)24)15-7-9-21-10-8-15/h1-3,5-10,13H,4,11-12,14H2. The van der Waals surface area contributed by atoms with Crippen molar-refractivity contribution in [1.82, 2.24) is 14.5 Å². The average Bonchev–Trinajstić information content (AvgIpc) is 2.70. The van der Waals surface area contributed by atoms with Crippen LogP contribution in [0.5, 0.6) is 0 Å². The molecule has 3 aromatic rings. The van der Waals surface area contributed by atoms with Gasteiger partial charge in [-0.25, -0.2) is 4.98 Å². The molecule has 1 aromatic carbocycles. The summed E-state index contributed by atoms with van der Waals surface area (Å²) in [6.07, 6.45) is 4.15. The van der Waals surface area contributed by atoms with Crippen molar-refractivity contribution < 1.29 is 4.79 Å². The molecule has 0 saturated heterocycles. The van der Waals surface area contributed by atoms with Crippen LogP contribution in [0.4, 0.5) is 5.95 Å². The molecular formula is C20H18N4O2. The maximum absolute atomic E-state index is 12.6. The van der Waals surface area contributed by atoms with Gasteiger partial charge in [-0.15, -0.1) is 0 Å². The van der Waals surface area contributed by atoms with Crippen molar-refractivity contribution in [1.29, 1.82) is 0 Å². The first kappa shape index (κ1) is 16.2. The monoisotopic (exact) mass is 346 g/mol. The smallest absolute Gasteiger partial charge is 0.255 e. The Labute approximate surface area is 150 Å². The molecule has 2 aromatic heterocycles. The third-order valence-corrected chi connectivity index (χ3v) is 4.49. The van der Waals surface area contributed by atoms with Crippen LogP contribution in [-0.4, -0.2) is 33.4 Å². The van der Waals surface area contributed by atoms with E-state index < -0.39 is 0 Å². The molecule has 130 valence electrons. The minimum Gasteiger partial charge on any atom is -0.334 e. The van der Waals surface area contributed by atoms with E-state index in [0.29, 0.717) is 30.3 Å². The number of fused-ring (bicyclic) bond motifs is 1. The van der Waals surface area contributed by atoms with Crippen LogP contribution in [0.2, 0.25) is 0 Å². The molecule has 0 aliphatic carbocycles. The van der Waals surface area contributed by atoms with Gasteiger partial charge in [-0.2, -0.15) is 0 Å². The topological polar surface area (TPSA) is 68.1 Å². The molecule has 0 spiro atoms. The van der Waals surface area contributed by atoms with Crippen molar-refractivity contribution in [2.24, 2.45) is 0 Å². The Morgan fingerprint density at radius 1 is 1.04 bits per heavy atom. The van der Waals surface area contributed by atoms with Gasteiger partial charge in [0.05, 0.1) is 12.2 Å². The molecule has 26 heavy (non-hydrogen) atoms. The number of rotatable bonds is 4. The summed E-state index contributed by atoms with van der Waals surface area (Å²) in [6, 6.07) is 14.4. The first-order valence-electron chi connectivity index (χ1n) is 8.58. The summed E-state index contributed by atoms with van der Waals surface area (Å²) >= 11 is 0. The zero-order chi connectivity index (χ0) is 17.9. The second-order valence-electron chi connectivity index (χ2n) is 6.23. The summed E-state index contributed by atoms with van der Waals surface area (Å²) in [5.41, 5.74) is 2.00. The van der Waals surface area contributed by atoms with E-state index in [1.807, 2.05) is 35.2 Å². The summed E-state index contributed by atoms with van der Waals surface area (Å²) < 4.78 is 1.65. The fourth-order valence-electron chi connectivity index (χ4n) is 3.17. The number of nitrogens with zero attached hydrogens (tertiary/aromatic N) is 4. The van der Waals surface area contributed by atoms with E-state index in [1.165, 1.54) is 0 Å². The van der Waals surface area contributed by atoms with Gasteiger partial charge in [0.15, 0.2) is 5.78 Å². The molecule has 0 unspecified atom stereocenters. The second kappa shape index (κ2) is 6.92. The lowest BCUT2D eigenvalue weighted by molar-refractivity contribution is 0.0997. The summed E-state index contributed by atoms with van der Waals surface area (Å²) in [5, 5.41) is 0. The normalized spacial score (nSPS) is 13.3. The molecule has 0 N–H and O–H groups in total. The minimum absolute atomic E-state index is 0.0163. The Bertz CT molecular complexity index is 984. The molecule has 3 heterocycles. The molecule has 0 bridgehead atoms. The largest absolute Gasteiger partial charge is 0.334 e. The molecule has 0 amide bonds. The number of carbonyl (C=O) groups excluding carboxylic acids is 1. The predicted octanol–water partition coefficient (Wildman–Crippen LogP) is 2.40. The first-order valence-corrected chi connectivity index (χ1v) is 8.58. The Hall–Kier alpha value is -3.28. The molecule has 6 nitrogen and oxygen atoms in total. The van der Waals surface area contributed by atoms with Crippen LogP contribution in [-0.2, 0) is 6.54 Å². The molecule has 1 aliphatic heterocycles. The highest BCUT2D eigenvalue weighted by atomic mass is 16.1. The van der Waals surface area contributed by atoms with Gasteiger partial charge in [0.1, 0.15) is 0 Å². The number of aromatic nitrogens is 3. The molecule has 0 radical (unpaired) electrons. The molecule has 6 heteroatoms. The van der Waals surface area contributed by atoms with Crippen molar-refractivity contribution in [3.63, 3.8) is 0 Å². The van der Waals surface area contributed by atoms with Gasteiger partial charge in [0.25, 0.3) is 5.56 Å². The number of benzene rings is 1. The fourth-order valence-corrected chi connectivity index (χ4v) is 3.17. The highest BCUT2D eigenvalue weighted by Gasteiger charge is 2.23. The summed E-state index contributed by atoms with van der Waals surface area (Å²) in [4.78, 5) is 35.7. The Morgan fingerprint density at radius 3 is 2.58 bits per heavy atom. The quantitative estimate of drug-likeness (QED) is 0.679. The number of pyridine rings is 1. The van der Waals surface area contributed by atoms with Gasteiger partial charge in [-0.3, -0.25) is 19.1 Å². The Balaban J connectivity index is 1.70. The molecule has 0 saturated carbocycles. The van der Waals surface area contributed by atoms with Gasteiger partial charge in [0.2, 0.25) is 5.95 Å². The van der Waals surface area contributed by atoms with Crippen molar-refractivity contribution in [3.8, 4) is 11.3 Å². The number of hydrogen-bond acceptors (Lipinski definition) is 5. The van der Waals surface area contributed by atoms with Crippen LogP contribution in [0, 0.1) is 0 Å². The van der Waals surface area contributed by atoms with E-state index in [-0.39, 0.29) is 17.9 Å². The molecular weight excluding hydrogens is 328 g/mol. The van der Waals surface area contributed by atoms with E-state index in [0.717, 1.165) is 12.0 Å². The van der Waals surface area contributed by atoms with Crippen molar-refractivity contribution >= 4 is 11.7 Å². The summed E-state index contributed by atoms with van der Waals surface area (Å²) in [5.74, 6) is 0.572. The van der Waals surface area contributed by atoms with Gasteiger partial charge in [-0.05, 0) is 18.6 Å². The maximum Gasteiger partial charge on any atom is 0.255 e. The second-order valence-corrected chi connectivity index (χ2v) is 6.23. The third kappa shape index (κ3) is 3.13. The predicted molar refractivity (Wildman–Crippen MR) is 99.3 cm³/mol. The summed E-state index contributed by atoms with van der Waals surface area (Å²) in [7, 11) is 0. The van der Waals surface area contributed by atoms with Gasteiger partial charge in [0, 0.05) is 42.7 Å². The van der Waals surface area contributed by atoms with Crippen LogP contribution in [0.1, 0.15) is 16.8 Å². The zero-order valence-electron chi connectivity index (χ0n) is 14.2. The van der Waals surface area contributed by atoms with Crippen molar-refractivity contribution in [3.05, 3.63) is 76.8 Å². The van der Waals surface area contributed by atoms with Crippen molar-refractivity contribution in [2.45, 2.75) is 13.0 Å². The van der Waals surface area contributed by atoms with Gasteiger partial charge >= 0.3 is 0 Å². The maximum atomic E-state index is 12.6. The lowest BCUT2D eigenvalue weighted by atomic mass is 10.1. The van der Waals surface area contributed by atoms with Crippen LogP contribution in [0.25, 0.3) is 11.3 Å². The number of ketones is 1. The molecule has 1 aliphatic rings. The average molecular weight is 346 g/mol. The van der Waals surface area contributed by atoms with Crippen LogP contribution in [0.3, 0.4) is 0 Å². The van der Waals surface area contributed by atoms with Crippen LogP contribution in [0.15, 0.2) is 65.7 Å². The lowest BCUT2D eigenvalue weighted by Gasteiger charge is -2.30. The molecule has 4 rings (SSSR count). The zero-order valence-corrected chi connectivity index (χ0v) is 14.2. The first-order chi connectivity index (χ1) is 12.7. The van der Waals surface area contributed by atoms with Crippen molar-refractivity contribution in [2.75, 3.05) is 18.0 Å². The summed E-state index contributed by atoms with van der Waals surface area (Å²) in [6.45, 7) is 1.52. The van der Waals surface area contributed by atoms with Crippen LogP contribution < -0.4 is 10.5 Å². The number of carbonyl (C=O) groups is 1. The molecule has 0 atom stereocenters. The number of Topliss-reactive ketones (excluding diaryl/α,β-unsaturated/α-hetero) is 1. The highest BCUT2D eigenvalue weighted by molar-refractivity contribution is 5.99. The Kier molecular flexibility index (Phi) is 4.31. The van der Waals surface area contributed by atoms with E-state index >= 15 is 0 Å². The number of anilines is 1. The van der Waals surface area contributed by atoms with E-state index in [2.05, 4.69) is 9.97 Å². The van der Waals surface area contributed by atoms with Gasteiger partial charge in [-0.1, -0.05) is 30.3 Å². The lowest BCUT2D eigenvalue weighted by Crippen LogP contribution is -2.41. The SMILES string of the molecule is O=C(CN1CCCn2c1nc(-c1ccncc1)cc2=O)c1ccccc1. The third-order valence-electron chi connectivity index (χ3n) is 4.49.